The van der Waals surface area contributed by atoms with Crippen molar-refractivity contribution in [2.24, 2.45) is 5.73 Å². The molecule has 0 spiro atoms. The van der Waals surface area contributed by atoms with Gasteiger partial charge in [-0.3, -0.25) is 4.79 Å². The molecular weight excluding hydrogens is 278 g/mol. The van der Waals surface area contributed by atoms with Gasteiger partial charge < -0.3 is 20.8 Å². The number of nitrogens with two attached hydrogens (primary N) is 1. The van der Waals surface area contributed by atoms with Crippen LogP contribution in [0, 0.1) is 0 Å². The Kier molecular flexibility index (Phi) is 4.58. The molecule has 0 saturated heterocycles. The molecule has 5 heteroatoms. The van der Waals surface area contributed by atoms with Crippen molar-refractivity contribution in [1.82, 2.24) is 10.3 Å². The molecule has 120 valence electrons. The minimum absolute atomic E-state index is 0.296. The van der Waals surface area contributed by atoms with Gasteiger partial charge in [0, 0.05) is 29.2 Å². The summed E-state index contributed by atoms with van der Waals surface area (Å²) in [6.07, 6.45) is 2.71. The molecule has 2 aromatic rings. The van der Waals surface area contributed by atoms with E-state index in [4.69, 9.17) is 10.5 Å². The molecule has 0 aliphatic heterocycles. The summed E-state index contributed by atoms with van der Waals surface area (Å²) in [6, 6.07) is 8.16. The van der Waals surface area contributed by atoms with Crippen molar-refractivity contribution in [3.63, 3.8) is 0 Å². The van der Waals surface area contributed by atoms with Crippen LogP contribution in [0.4, 0.5) is 0 Å². The van der Waals surface area contributed by atoms with E-state index in [0.717, 1.165) is 5.52 Å². The highest BCUT2D eigenvalue weighted by Gasteiger charge is 2.31. The summed E-state index contributed by atoms with van der Waals surface area (Å²) >= 11 is 0. The number of hydrogen-bond donors (Lipinski definition) is 3. The second-order valence-electron chi connectivity index (χ2n) is 6.66. The zero-order chi connectivity index (χ0) is 16.4. The molecule has 5 nitrogen and oxygen atoms in total. The third-order valence-corrected chi connectivity index (χ3v) is 3.90. The summed E-state index contributed by atoms with van der Waals surface area (Å²) in [6.45, 7) is 6.07. The number of fused-ring (bicyclic) bond motifs is 1. The number of benzene rings is 1. The second-order valence-corrected chi connectivity index (χ2v) is 6.66. The van der Waals surface area contributed by atoms with Crippen molar-refractivity contribution >= 4 is 16.9 Å². The van der Waals surface area contributed by atoms with Gasteiger partial charge in [-0.25, -0.2) is 0 Å². The van der Waals surface area contributed by atoms with Gasteiger partial charge in [0.25, 0.3) is 0 Å². The highest BCUT2D eigenvalue weighted by Crippen LogP contribution is 2.21. The van der Waals surface area contributed by atoms with Crippen LogP contribution >= 0.6 is 0 Å². The van der Waals surface area contributed by atoms with E-state index in [2.05, 4.69) is 16.4 Å². The summed E-state index contributed by atoms with van der Waals surface area (Å²) in [5, 5.41) is 4.39. The van der Waals surface area contributed by atoms with Gasteiger partial charge in [0.05, 0.1) is 7.11 Å². The normalized spacial score (nSPS) is 14.8. The highest BCUT2D eigenvalue weighted by molar-refractivity contribution is 5.83. The molecular formula is C17H25N3O2. The van der Waals surface area contributed by atoms with Crippen molar-refractivity contribution in [3.05, 3.63) is 36.0 Å². The number of carbonyl (C=O) groups is 1. The van der Waals surface area contributed by atoms with E-state index >= 15 is 0 Å². The number of methoxy groups -OCH3 is 1. The quantitative estimate of drug-likeness (QED) is 0.713. The number of para-hydroxylation sites is 1. The summed E-state index contributed by atoms with van der Waals surface area (Å²) in [4.78, 5) is 15.0. The maximum atomic E-state index is 11.7. The Morgan fingerprint density at radius 2 is 2.00 bits per heavy atom. The van der Waals surface area contributed by atoms with E-state index in [0.29, 0.717) is 13.0 Å². The molecule has 0 radical (unpaired) electrons. The summed E-state index contributed by atoms with van der Waals surface area (Å²) < 4.78 is 4.80. The summed E-state index contributed by atoms with van der Waals surface area (Å²) in [5.41, 5.74) is 7.48. The predicted octanol–water partition coefficient (Wildman–Crippen LogP) is 1.97. The summed E-state index contributed by atoms with van der Waals surface area (Å²) in [5.74, 6) is -0.296. The number of aromatic amines is 1. The first-order valence-electron chi connectivity index (χ1n) is 7.42. The number of ether oxygens (including phenoxy) is 1. The third-order valence-electron chi connectivity index (χ3n) is 3.90. The van der Waals surface area contributed by atoms with E-state index in [1.165, 1.54) is 18.1 Å². The average molecular weight is 303 g/mol. The minimum Gasteiger partial charge on any atom is -0.468 e. The van der Waals surface area contributed by atoms with Gasteiger partial charge in [-0.05, 0) is 38.8 Å². The minimum atomic E-state index is -0.754. The smallest absolute Gasteiger partial charge is 0.325 e. The second kappa shape index (κ2) is 6.10. The summed E-state index contributed by atoms with van der Waals surface area (Å²) in [7, 11) is 1.39. The van der Waals surface area contributed by atoms with Gasteiger partial charge in [-0.2, -0.15) is 0 Å². The lowest BCUT2D eigenvalue weighted by molar-refractivity contribution is -0.147. The number of aromatic nitrogens is 1. The molecule has 1 heterocycles. The fraction of sp³-hybridized carbons (Fsp3) is 0.471. The Morgan fingerprint density at radius 1 is 1.32 bits per heavy atom. The lowest BCUT2D eigenvalue weighted by Crippen LogP contribution is -2.56. The molecule has 4 N–H and O–H groups in total. The Hall–Kier alpha value is -1.85. The van der Waals surface area contributed by atoms with Gasteiger partial charge in [0.2, 0.25) is 0 Å². The van der Waals surface area contributed by atoms with Gasteiger partial charge in [-0.15, -0.1) is 0 Å². The van der Waals surface area contributed by atoms with Crippen molar-refractivity contribution in [2.45, 2.75) is 38.3 Å². The Bertz CT molecular complexity index is 659. The van der Waals surface area contributed by atoms with Gasteiger partial charge in [0.1, 0.15) is 5.54 Å². The van der Waals surface area contributed by atoms with Gasteiger partial charge >= 0.3 is 5.97 Å². The standard InChI is InChI=1S/C17H25N3O2/c1-16(2,15(21)22-4)20-11-17(3,18)9-12-10-19-14-8-6-5-7-13(12)14/h5-8,10,19-20H,9,11,18H2,1-4H3. The molecule has 0 bridgehead atoms. The molecule has 2 rings (SSSR count). The Morgan fingerprint density at radius 3 is 2.68 bits per heavy atom. The van der Waals surface area contributed by atoms with Crippen molar-refractivity contribution in [2.75, 3.05) is 13.7 Å². The van der Waals surface area contributed by atoms with E-state index in [-0.39, 0.29) is 5.97 Å². The van der Waals surface area contributed by atoms with Crippen molar-refractivity contribution in [1.29, 1.82) is 0 Å². The maximum absolute atomic E-state index is 11.7. The fourth-order valence-electron chi connectivity index (χ4n) is 2.53. The number of hydrogen-bond acceptors (Lipinski definition) is 4. The van der Waals surface area contributed by atoms with Crippen molar-refractivity contribution in [3.8, 4) is 0 Å². The lowest BCUT2D eigenvalue weighted by Gasteiger charge is -2.31. The molecule has 1 unspecified atom stereocenters. The van der Waals surface area contributed by atoms with Crippen LogP contribution in [-0.4, -0.2) is 35.7 Å². The SMILES string of the molecule is COC(=O)C(C)(C)NCC(C)(N)Cc1c[nH]c2ccccc12. The molecule has 22 heavy (non-hydrogen) atoms. The van der Waals surface area contributed by atoms with Crippen LogP contribution in [0.3, 0.4) is 0 Å². The fourth-order valence-corrected chi connectivity index (χ4v) is 2.53. The van der Waals surface area contributed by atoms with E-state index in [9.17, 15) is 4.79 Å². The largest absolute Gasteiger partial charge is 0.468 e. The monoisotopic (exact) mass is 303 g/mol. The maximum Gasteiger partial charge on any atom is 0.325 e. The molecule has 0 aliphatic rings. The van der Waals surface area contributed by atoms with Crippen LogP contribution in [0.2, 0.25) is 0 Å². The molecule has 0 fully saturated rings. The van der Waals surface area contributed by atoms with Crippen LogP contribution in [0.15, 0.2) is 30.5 Å². The zero-order valence-corrected chi connectivity index (χ0v) is 13.7. The molecule has 0 aliphatic carbocycles. The third kappa shape index (κ3) is 3.67. The average Bonchev–Trinajstić information content (AvgIpc) is 2.87. The van der Waals surface area contributed by atoms with E-state index < -0.39 is 11.1 Å². The molecule has 1 aromatic carbocycles. The number of carbonyl (C=O) groups excluding carboxylic acids is 1. The lowest BCUT2D eigenvalue weighted by atomic mass is 9.92. The first-order chi connectivity index (χ1) is 10.2. The van der Waals surface area contributed by atoms with Crippen LogP contribution in [0.5, 0.6) is 0 Å². The number of esters is 1. The Labute approximate surface area is 131 Å². The molecule has 1 aromatic heterocycles. The van der Waals surface area contributed by atoms with Gasteiger partial charge in [-0.1, -0.05) is 18.2 Å². The predicted molar refractivity (Wildman–Crippen MR) is 88.7 cm³/mol. The highest BCUT2D eigenvalue weighted by atomic mass is 16.5. The molecule has 0 amide bonds. The van der Waals surface area contributed by atoms with Gasteiger partial charge in [0.15, 0.2) is 0 Å². The van der Waals surface area contributed by atoms with Crippen LogP contribution in [0.25, 0.3) is 10.9 Å². The van der Waals surface area contributed by atoms with Crippen LogP contribution in [0.1, 0.15) is 26.3 Å². The Balaban J connectivity index is 2.06. The van der Waals surface area contributed by atoms with E-state index in [1.807, 2.05) is 31.3 Å². The number of H-pyrrole nitrogens is 1. The number of nitrogens with one attached hydrogen (secondary N) is 2. The van der Waals surface area contributed by atoms with Crippen molar-refractivity contribution < 1.29 is 9.53 Å². The number of rotatable bonds is 6. The first kappa shape index (κ1) is 16.5. The zero-order valence-electron chi connectivity index (χ0n) is 13.7. The van der Waals surface area contributed by atoms with E-state index in [1.54, 1.807) is 13.8 Å². The van der Waals surface area contributed by atoms with Crippen LogP contribution in [-0.2, 0) is 16.0 Å². The topological polar surface area (TPSA) is 80.1 Å². The molecule has 0 saturated carbocycles. The molecule has 1 atom stereocenters. The van der Waals surface area contributed by atoms with Crippen LogP contribution < -0.4 is 11.1 Å². The first-order valence-corrected chi connectivity index (χ1v) is 7.42.